The van der Waals surface area contributed by atoms with Crippen molar-refractivity contribution in [3.05, 3.63) is 41.1 Å². The van der Waals surface area contributed by atoms with Crippen molar-refractivity contribution in [3.63, 3.8) is 0 Å². The number of ether oxygens (including phenoxy) is 2. The second kappa shape index (κ2) is 6.43. The van der Waals surface area contributed by atoms with E-state index in [1.54, 1.807) is 14.2 Å². The van der Waals surface area contributed by atoms with Gasteiger partial charge >= 0.3 is 0 Å². The van der Waals surface area contributed by atoms with E-state index in [1.807, 2.05) is 32.0 Å². The van der Waals surface area contributed by atoms with Gasteiger partial charge < -0.3 is 19.2 Å². The van der Waals surface area contributed by atoms with Gasteiger partial charge in [-0.3, -0.25) is 0 Å². The topological polar surface area (TPSA) is 56.5 Å². The van der Waals surface area contributed by atoms with Crippen LogP contribution in [-0.4, -0.2) is 19.2 Å². The number of hydrogen-bond acceptors (Lipinski definition) is 5. The van der Waals surface area contributed by atoms with Crippen LogP contribution in [0, 0.1) is 13.8 Å². The van der Waals surface area contributed by atoms with E-state index < -0.39 is 0 Å². The third kappa shape index (κ3) is 3.30. The molecular formula is C15H20N2O3. The first kappa shape index (κ1) is 14.4. The standard InChI is InChI=1S/C15H20N2O3/c1-10-11(2)20-15(17-10)9-16-8-12-5-6-13(18-3)14(7-12)19-4/h5-7,16H,8-9H2,1-4H3. The van der Waals surface area contributed by atoms with Crippen molar-refractivity contribution < 1.29 is 13.9 Å². The second-order valence-electron chi connectivity index (χ2n) is 4.54. The Balaban J connectivity index is 1.94. The zero-order chi connectivity index (χ0) is 14.5. The van der Waals surface area contributed by atoms with Gasteiger partial charge in [-0.15, -0.1) is 0 Å². The minimum atomic E-state index is 0.600. The molecule has 0 bridgehead atoms. The average molecular weight is 276 g/mol. The Kier molecular flexibility index (Phi) is 4.63. The van der Waals surface area contributed by atoms with Crippen LogP contribution in [0.15, 0.2) is 22.6 Å². The van der Waals surface area contributed by atoms with Gasteiger partial charge in [-0.05, 0) is 31.5 Å². The molecule has 1 aromatic heterocycles. The summed E-state index contributed by atoms with van der Waals surface area (Å²) in [5.74, 6) is 3.04. The van der Waals surface area contributed by atoms with E-state index in [2.05, 4.69) is 10.3 Å². The van der Waals surface area contributed by atoms with Crippen LogP contribution in [-0.2, 0) is 13.1 Å². The molecule has 0 atom stereocenters. The molecule has 1 aromatic carbocycles. The molecule has 0 radical (unpaired) electrons. The van der Waals surface area contributed by atoms with E-state index in [9.17, 15) is 0 Å². The predicted molar refractivity (Wildman–Crippen MR) is 76.1 cm³/mol. The highest BCUT2D eigenvalue weighted by atomic mass is 16.5. The zero-order valence-electron chi connectivity index (χ0n) is 12.3. The summed E-state index contributed by atoms with van der Waals surface area (Å²) >= 11 is 0. The highest BCUT2D eigenvalue weighted by molar-refractivity contribution is 5.42. The molecule has 1 heterocycles. The molecular weight excluding hydrogens is 256 g/mol. The maximum absolute atomic E-state index is 5.52. The number of rotatable bonds is 6. The third-order valence-electron chi connectivity index (χ3n) is 3.13. The van der Waals surface area contributed by atoms with Gasteiger partial charge in [0, 0.05) is 6.54 Å². The average Bonchev–Trinajstić information content (AvgIpc) is 2.77. The first-order chi connectivity index (χ1) is 9.63. The lowest BCUT2D eigenvalue weighted by atomic mass is 10.2. The molecule has 5 heteroatoms. The lowest BCUT2D eigenvalue weighted by Crippen LogP contribution is -2.13. The summed E-state index contributed by atoms with van der Waals surface area (Å²) in [6.07, 6.45) is 0. The summed E-state index contributed by atoms with van der Waals surface area (Å²) in [7, 11) is 3.26. The van der Waals surface area contributed by atoms with Gasteiger partial charge in [0.1, 0.15) is 5.76 Å². The molecule has 0 saturated heterocycles. The minimum Gasteiger partial charge on any atom is -0.493 e. The molecule has 0 aliphatic rings. The van der Waals surface area contributed by atoms with Crippen molar-refractivity contribution in [2.75, 3.05) is 14.2 Å². The monoisotopic (exact) mass is 276 g/mol. The number of aryl methyl sites for hydroxylation is 2. The molecule has 0 aliphatic heterocycles. The highest BCUT2D eigenvalue weighted by Crippen LogP contribution is 2.27. The number of methoxy groups -OCH3 is 2. The smallest absolute Gasteiger partial charge is 0.208 e. The summed E-state index contributed by atoms with van der Waals surface area (Å²) < 4.78 is 16.0. The molecule has 108 valence electrons. The molecule has 0 fully saturated rings. The van der Waals surface area contributed by atoms with Crippen molar-refractivity contribution in [3.8, 4) is 11.5 Å². The Labute approximate surface area is 118 Å². The summed E-state index contributed by atoms with van der Waals surface area (Å²) in [6.45, 7) is 5.17. The largest absolute Gasteiger partial charge is 0.493 e. The second-order valence-corrected chi connectivity index (χ2v) is 4.54. The first-order valence-corrected chi connectivity index (χ1v) is 6.48. The number of nitrogens with one attached hydrogen (secondary N) is 1. The van der Waals surface area contributed by atoms with Crippen molar-refractivity contribution in [2.45, 2.75) is 26.9 Å². The Morgan fingerprint density at radius 1 is 1.10 bits per heavy atom. The molecule has 0 amide bonds. The summed E-state index contributed by atoms with van der Waals surface area (Å²) in [5, 5.41) is 3.29. The summed E-state index contributed by atoms with van der Waals surface area (Å²) in [5.41, 5.74) is 2.05. The number of aromatic nitrogens is 1. The molecule has 20 heavy (non-hydrogen) atoms. The normalized spacial score (nSPS) is 10.6. The zero-order valence-corrected chi connectivity index (χ0v) is 12.3. The van der Waals surface area contributed by atoms with Gasteiger partial charge in [-0.2, -0.15) is 0 Å². The molecule has 0 saturated carbocycles. The van der Waals surface area contributed by atoms with E-state index in [-0.39, 0.29) is 0 Å². The van der Waals surface area contributed by atoms with Crippen molar-refractivity contribution in [2.24, 2.45) is 0 Å². The van der Waals surface area contributed by atoms with Crippen molar-refractivity contribution in [1.82, 2.24) is 10.3 Å². The lowest BCUT2D eigenvalue weighted by Gasteiger charge is -2.09. The van der Waals surface area contributed by atoms with Crippen LogP contribution in [0.3, 0.4) is 0 Å². The molecule has 5 nitrogen and oxygen atoms in total. The maximum atomic E-state index is 5.52. The minimum absolute atomic E-state index is 0.600. The van der Waals surface area contributed by atoms with E-state index in [4.69, 9.17) is 13.9 Å². The molecule has 2 aromatic rings. The fraction of sp³-hybridized carbons (Fsp3) is 0.400. The van der Waals surface area contributed by atoms with Crippen molar-refractivity contribution >= 4 is 0 Å². The molecule has 0 spiro atoms. The van der Waals surface area contributed by atoms with E-state index >= 15 is 0 Å². The Morgan fingerprint density at radius 2 is 1.85 bits per heavy atom. The van der Waals surface area contributed by atoms with Gasteiger partial charge in [0.25, 0.3) is 0 Å². The van der Waals surface area contributed by atoms with E-state index in [0.717, 1.165) is 28.5 Å². The van der Waals surface area contributed by atoms with Gasteiger partial charge in [0.05, 0.1) is 26.5 Å². The number of benzene rings is 1. The highest BCUT2D eigenvalue weighted by Gasteiger charge is 2.06. The number of nitrogens with zero attached hydrogens (tertiary/aromatic N) is 1. The Hall–Kier alpha value is -2.01. The van der Waals surface area contributed by atoms with Gasteiger partial charge in [0.2, 0.25) is 5.89 Å². The van der Waals surface area contributed by atoms with Crippen LogP contribution < -0.4 is 14.8 Å². The Bertz CT molecular complexity index is 559. The molecule has 0 aliphatic carbocycles. The van der Waals surface area contributed by atoms with Crippen molar-refractivity contribution in [1.29, 1.82) is 0 Å². The van der Waals surface area contributed by atoms with Gasteiger partial charge in [-0.25, -0.2) is 4.98 Å². The summed E-state index contributed by atoms with van der Waals surface area (Å²) in [4.78, 5) is 4.33. The summed E-state index contributed by atoms with van der Waals surface area (Å²) in [6, 6.07) is 5.85. The SMILES string of the molecule is COc1ccc(CNCc2nc(C)c(C)o2)cc1OC. The van der Waals surface area contributed by atoms with E-state index in [1.165, 1.54) is 0 Å². The molecule has 0 unspecified atom stereocenters. The van der Waals surface area contributed by atoms with Gasteiger partial charge in [0.15, 0.2) is 11.5 Å². The third-order valence-corrected chi connectivity index (χ3v) is 3.13. The fourth-order valence-corrected chi connectivity index (χ4v) is 1.92. The van der Waals surface area contributed by atoms with Crippen LogP contribution >= 0.6 is 0 Å². The van der Waals surface area contributed by atoms with Crippen LogP contribution in [0.2, 0.25) is 0 Å². The molecule has 2 rings (SSSR count). The van der Waals surface area contributed by atoms with Crippen LogP contribution in [0.25, 0.3) is 0 Å². The fourth-order valence-electron chi connectivity index (χ4n) is 1.92. The van der Waals surface area contributed by atoms with Crippen LogP contribution in [0.1, 0.15) is 22.9 Å². The van der Waals surface area contributed by atoms with E-state index in [0.29, 0.717) is 19.0 Å². The Morgan fingerprint density at radius 3 is 2.45 bits per heavy atom. The first-order valence-electron chi connectivity index (χ1n) is 6.48. The lowest BCUT2D eigenvalue weighted by molar-refractivity contribution is 0.354. The maximum Gasteiger partial charge on any atom is 0.208 e. The van der Waals surface area contributed by atoms with Crippen LogP contribution in [0.5, 0.6) is 11.5 Å². The number of hydrogen-bond donors (Lipinski definition) is 1. The quantitative estimate of drug-likeness (QED) is 0.879. The number of oxazole rings is 1. The molecule has 1 N–H and O–H groups in total. The van der Waals surface area contributed by atoms with Crippen LogP contribution in [0.4, 0.5) is 0 Å². The predicted octanol–water partition coefficient (Wildman–Crippen LogP) is 2.60. The van der Waals surface area contributed by atoms with Gasteiger partial charge in [-0.1, -0.05) is 6.07 Å².